The maximum Gasteiger partial charge on any atom is 0.184 e. The summed E-state index contributed by atoms with van der Waals surface area (Å²) in [6, 6.07) is 13.7. The van der Waals surface area contributed by atoms with E-state index in [1.807, 2.05) is 12.1 Å². The molecular formula is C20H22ClNO2. The zero-order valence-corrected chi connectivity index (χ0v) is 14.3. The Bertz CT molecular complexity index is 676. The zero-order valence-electron chi connectivity index (χ0n) is 13.6. The summed E-state index contributed by atoms with van der Waals surface area (Å²) in [5, 5.41) is 0.627. The fourth-order valence-corrected chi connectivity index (χ4v) is 3.20. The van der Waals surface area contributed by atoms with Gasteiger partial charge in [-0.3, -0.25) is 4.79 Å². The number of carbonyl (C=O) groups is 1. The van der Waals surface area contributed by atoms with Gasteiger partial charge in [-0.05, 0) is 67.6 Å². The largest absolute Gasteiger partial charge is 0.490 e. The molecule has 1 fully saturated rings. The van der Waals surface area contributed by atoms with Crippen molar-refractivity contribution in [1.29, 1.82) is 0 Å². The van der Waals surface area contributed by atoms with Gasteiger partial charge in [0.05, 0.1) is 12.1 Å². The highest BCUT2D eigenvalue weighted by molar-refractivity contribution is 6.30. The van der Waals surface area contributed by atoms with Crippen molar-refractivity contribution in [1.82, 2.24) is 0 Å². The van der Waals surface area contributed by atoms with Gasteiger partial charge in [-0.2, -0.15) is 0 Å². The molecule has 1 aliphatic carbocycles. The van der Waals surface area contributed by atoms with Crippen LogP contribution in [0.1, 0.15) is 54.1 Å². The minimum Gasteiger partial charge on any atom is -0.490 e. The molecular weight excluding hydrogens is 322 g/mol. The quantitative estimate of drug-likeness (QED) is 0.783. The van der Waals surface area contributed by atoms with Crippen LogP contribution in [0.3, 0.4) is 0 Å². The molecule has 0 aromatic heterocycles. The van der Waals surface area contributed by atoms with Crippen molar-refractivity contribution in [2.24, 2.45) is 5.73 Å². The van der Waals surface area contributed by atoms with Crippen molar-refractivity contribution >= 4 is 17.4 Å². The molecule has 1 aliphatic rings. The van der Waals surface area contributed by atoms with E-state index in [9.17, 15) is 4.79 Å². The van der Waals surface area contributed by atoms with E-state index < -0.39 is 6.04 Å². The third-order valence-corrected chi connectivity index (χ3v) is 4.76. The van der Waals surface area contributed by atoms with Crippen molar-refractivity contribution < 1.29 is 9.53 Å². The highest BCUT2D eigenvalue weighted by Gasteiger charge is 2.19. The van der Waals surface area contributed by atoms with E-state index in [0.717, 1.165) is 24.2 Å². The monoisotopic (exact) mass is 343 g/mol. The Morgan fingerprint density at radius 1 is 1.00 bits per heavy atom. The molecule has 0 heterocycles. The van der Waals surface area contributed by atoms with Gasteiger partial charge < -0.3 is 10.5 Å². The maximum atomic E-state index is 12.5. The lowest BCUT2D eigenvalue weighted by Gasteiger charge is -2.23. The van der Waals surface area contributed by atoms with Gasteiger partial charge >= 0.3 is 0 Å². The normalized spacial score (nSPS) is 16.6. The molecule has 0 saturated heterocycles. The predicted molar refractivity (Wildman–Crippen MR) is 96.7 cm³/mol. The van der Waals surface area contributed by atoms with Crippen molar-refractivity contribution in [3.8, 4) is 5.75 Å². The minimum absolute atomic E-state index is 0.110. The molecule has 0 spiro atoms. The first-order valence-electron chi connectivity index (χ1n) is 8.45. The molecule has 2 aromatic carbocycles. The first-order chi connectivity index (χ1) is 11.6. The van der Waals surface area contributed by atoms with Gasteiger partial charge in [0.25, 0.3) is 0 Å². The summed E-state index contributed by atoms with van der Waals surface area (Å²) in [6.07, 6.45) is 6.30. The molecule has 1 saturated carbocycles. The first kappa shape index (κ1) is 17.0. The molecule has 4 heteroatoms. The molecule has 2 N–H and O–H groups in total. The van der Waals surface area contributed by atoms with Crippen molar-refractivity contribution in [3.05, 3.63) is 64.7 Å². The van der Waals surface area contributed by atoms with Gasteiger partial charge in [-0.25, -0.2) is 0 Å². The lowest BCUT2D eigenvalue weighted by Crippen LogP contribution is -2.22. The van der Waals surface area contributed by atoms with Gasteiger partial charge in [0.1, 0.15) is 5.75 Å². The van der Waals surface area contributed by atoms with Gasteiger partial charge in [0, 0.05) is 10.6 Å². The van der Waals surface area contributed by atoms with Gasteiger partial charge in [-0.15, -0.1) is 0 Å². The van der Waals surface area contributed by atoms with E-state index in [-0.39, 0.29) is 5.78 Å². The second kappa shape index (κ2) is 7.82. The number of ether oxygens (including phenoxy) is 1. The van der Waals surface area contributed by atoms with Crippen LogP contribution in [0.2, 0.25) is 5.02 Å². The molecule has 0 bridgehead atoms. The van der Waals surface area contributed by atoms with Crippen LogP contribution >= 0.6 is 11.6 Å². The number of hydrogen-bond donors (Lipinski definition) is 1. The summed E-state index contributed by atoms with van der Waals surface area (Å²) in [5.74, 6) is 0.708. The summed E-state index contributed by atoms with van der Waals surface area (Å²) in [5.41, 5.74) is 7.43. The molecule has 1 atom stereocenters. The zero-order chi connectivity index (χ0) is 16.9. The van der Waals surface area contributed by atoms with Crippen LogP contribution in [0.4, 0.5) is 0 Å². The first-order valence-corrected chi connectivity index (χ1v) is 8.83. The van der Waals surface area contributed by atoms with E-state index in [4.69, 9.17) is 22.1 Å². The number of rotatable bonds is 5. The number of ketones is 1. The maximum absolute atomic E-state index is 12.5. The van der Waals surface area contributed by atoms with Crippen LogP contribution in [0.15, 0.2) is 48.5 Å². The van der Waals surface area contributed by atoms with E-state index in [1.54, 1.807) is 36.4 Å². The molecule has 3 nitrogen and oxygen atoms in total. The van der Waals surface area contributed by atoms with Crippen molar-refractivity contribution in [2.45, 2.75) is 44.2 Å². The second-order valence-corrected chi connectivity index (χ2v) is 6.73. The number of Topliss-reactive ketones (excluding diaryl/α,β-unsaturated/α-hetero) is 1. The Balaban J connectivity index is 1.65. The Kier molecular flexibility index (Phi) is 5.54. The fourth-order valence-electron chi connectivity index (χ4n) is 3.07. The predicted octanol–water partition coefficient (Wildman–Crippen LogP) is 4.93. The highest BCUT2D eigenvalue weighted by atomic mass is 35.5. The minimum atomic E-state index is -0.688. The molecule has 126 valence electrons. The average molecular weight is 344 g/mol. The Labute approximate surface area is 147 Å². The summed E-state index contributed by atoms with van der Waals surface area (Å²) >= 11 is 5.87. The van der Waals surface area contributed by atoms with E-state index in [1.165, 1.54) is 19.3 Å². The van der Waals surface area contributed by atoms with Crippen molar-refractivity contribution in [2.75, 3.05) is 0 Å². The summed E-state index contributed by atoms with van der Waals surface area (Å²) in [7, 11) is 0. The fraction of sp³-hybridized carbons (Fsp3) is 0.350. The Morgan fingerprint density at radius 3 is 2.25 bits per heavy atom. The lowest BCUT2D eigenvalue weighted by atomic mass is 9.97. The third kappa shape index (κ3) is 4.16. The summed E-state index contributed by atoms with van der Waals surface area (Å²) < 4.78 is 5.99. The molecule has 0 amide bonds. The summed E-state index contributed by atoms with van der Waals surface area (Å²) in [4.78, 5) is 12.5. The topological polar surface area (TPSA) is 52.3 Å². The number of nitrogens with two attached hydrogens (primary N) is 1. The summed E-state index contributed by atoms with van der Waals surface area (Å²) in [6.45, 7) is 0. The molecule has 0 radical (unpaired) electrons. The van der Waals surface area contributed by atoms with Crippen molar-refractivity contribution in [3.63, 3.8) is 0 Å². The lowest BCUT2D eigenvalue weighted by molar-refractivity contribution is 0.0961. The van der Waals surface area contributed by atoms with Crippen LogP contribution < -0.4 is 10.5 Å². The smallest absolute Gasteiger partial charge is 0.184 e. The number of halogens is 1. The second-order valence-electron chi connectivity index (χ2n) is 6.30. The third-order valence-electron chi connectivity index (χ3n) is 4.51. The standard InChI is InChI=1S/C20H22ClNO2/c21-16-10-6-14(7-11-16)19(22)20(23)15-8-12-18(13-9-15)24-17-4-2-1-3-5-17/h6-13,17,19H,1-5,22H2. The average Bonchev–Trinajstić information content (AvgIpc) is 2.63. The van der Waals surface area contributed by atoms with Crippen LogP contribution in [-0.4, -0.2) is 11.9 Å². The van der Waals surface area contributed by atoms with E-state index in [2.05, 4.69) is 0 Å². The van der Waals surface area contributed by atoms with Gasteiger partial charge in [0.2, 0.25) is 0 Å². The number of carbonyl (C=O) groups excluding carboxylic acids is 1. The molecule has 24 heavy (non-hydrogen) atoms. The van der Waals surface area contributed by atoms with Crippen LogP contribution in [-0.2, 0) is 0 Å². The number of benzene rings is 2. The van der Waals surface area contributed by atoms with Crippen LogP contribution in [0.5, 0.6) is 5.75 Å². The SMILES string of the molecule is NC(C(=O)c1ccc(OC2CCCCC2)cc1)c1ccc(Cl)cc1. The molecule has 0 aliphatic heterocycles. The van der Waals surface area contributed by atoms with E-state index in [0.29, 0.717) is 16.7 Å². The van der Waals surface area contributed by atoms with Gasteiger partial charge in [0.15, 0.2) is 5.78 Å². The van der Waals surface area contributed by atoms with Crippen LogP contribution in [0, 0.1) is 0 Å². The van der Waals surface area contributed by atoms with E-state index >= 15 is 0 Å². The molecule has 2 aromatic rings. The Hall–Kier alpha value is -1.84. The highest BCUT2D eigenvalue weighted by Crippen LogP contribution is 2.25. The van der Waals surface area contributed by atoms with Gasteiger partial charge in [-0.1, -0.05) is 30.2 Å². The molecule has 1 unspecified atom stereocenters. The Morgan fingerprint density at radius 2 is 1.62 bits per heavy atom. The number of hydrogen-bond acceptors (Lipinski definition) is 3. The molecule has 3 rings (SSSR count). The van der Waals surface area contributed by atoms with Crippen LogP contribution in [0.25, 0.3) is 0 Å².